The molecule has 8 heteroatoms. The minimum Gasteiger partial charge on any atom is -0.271 e. The average molecular weight is 440 g/mol. The number of hydrogen-bond donors (Lipinski definition) is 1. The molecule has 6 nitrogen and oxygen atoms in total. The van der Waals surface area contributed by atoms with Crippen LogP contribution in [0.15, 0.2) is 82.8 Å². The number of hydrogen-bond acceptors (Lipinski definition) is 4. The summed E-state index contributed by atoms with van der Waals surface area (Å²) in [5.41, 5.74) is 4.72. The van der Waals surface area contributed by atoms with Crippen LogP contribution in [0.25, 0.3) is 0 Å². The van der Waals surface area contributed by atoms with Crippen molar-refractivity contribution in [3.8, 4) is 0 Å². The van der Waals surface area contributed by atoms with Crippen molar-refractivity contribution in [1.82, 2.24) is 5.43 Å². The number of hydrazone groups is 1. The van der Waals surface area contributed by atoms with Gasteiger partial charge in [-0.1, -0.05) is 42.5 Å². The molecule has 0 aliphatic heterocycles. The molecule has 0 atom stereocenters. The number of carbonyl (C=O) groups is 1. The van der Waals surface area contributed by atoms with Gasteiger partial charge in [0.15, 0.2) is 0 Å². The molecule has 1 N–H and O–H groups in total. The number of nitrogens with zero attached hydrogens (tertiary/aromatic N) is 2. The van der Waals surface area contributed by atoms with Gasteiger partial charge in [0, 0.05) is 5.56 Å². The van der Waals surface area contributed by atoms with E-state index in [0.29, 0.717) is 5.69 Å². The van der Waals surface area contributed by atoms with Crippen molar-refractivity contribution in [2.45, 2.75) is 18.7 Å². The van der Waals surface area contributed by atoms with Gasteiger partial charge in [0.1, 0.15) is 12.4 Å². The smallest absolute Gasteiger partial charge is 0.264 e. The lowest BCUT2D eigenvalue weighted by atomic mass is 10.1. The first-order chi connectivity index (χ1) is 14.8. The van der Waals surface area contributed by atoms with Gasteiger partial charge in [0.25, 0.3) is 15.9 Å². The minimum absolute atomic E-state index is 0.0656. The van der Waals surface area contributed by atoms with Gasteiger partial charge in [0.05, 0.1) is 16.8 Å². The summed E-state index contributed by atoms with van der Waals surface area (Å²) in [6, 6.07) is 19.0. The molecule has 3 aromatic rings. The standard InChI is InChI=1S/C23H22FN3O3S/c1-17-12-13-20(14-18(17)2)27(31(29,30)21-9-4-3-5-10-21)16-23(28)26-25-15-19-8-6-7-11-22(19)24/h3-15H,16H2,1-2H3,(H,26,28)/b25-15-. The van der Waals surface area contributed by atoms with Crippen LogP contribution < -0.4 is 9.73 Å². The molecular weight excluding hydrogens is 417 g/mol. The Morgan fingerprint density at radius 1 is 1.00 bits per heavy atom. The summed E-state index contributed by atoms with van der Waals surface area (Å²) in [5.74, 6) is -1.14. The first-order valence-corrected chi connectivity index (χ1v) is 10.9. The molecule has 0 aromatic heterocycles. The molecule has 0 unspecified atom stereocenters. The molecule has 3 rings (SSSR count). The van der Waals surface area contributed by atoms with Crippen LogP contribution in [0.2, 0.25) is 0 Å². The average Bonchev–Trinajstić information content (AvgIpc) is 2.76. The van der Waals surface area contributed by atoms with Gasteiger partial charge in [0.2, 0.25) is 0 Å². The van der Waals surface area contributed by atoms with Crippen LogP contribution in [0.4, 0.5) is 10.1 Å². The fourth-order valence-corrected chi connectivity index (χ4v) is 4.27. The lowest BCUT2D eigenvalue weighted by Gasteiger charge is -2.24. The van der Waals surface area contributed by atoms with Crippen LogP contribution in [0.5, 0.6) is 0 Å². The van der Waals surface area contributed by atoms with E-state index in [1.54, 1.807) is 48.5 Å². The summed E-state index contributed by atoms with van der Waals surface area (Å²) >= 11 is 0. The Hall–Kier alpha value is -3.52. The van der Waals surface area contributed by atoms with E-state index in [2.05, 4.69) is 10.5 Å². The Balaban J connectivity index is 1.87. The Morgan fingerprint density at radius 3 is 2.35 bits per heavy atom. The van der Waals surface area contributed by atoms with Crippen LogP contribution in [0, 0.1) is 19.7 Å². The van der Waals surface area contributed by atoms with E-state index < -0.39 is 28.3 Å². The highest BCUT2D eigenvalue weighted by Crippen LogP contribution is 2.25. The van der Waals surface area contributed by atoms with Crippen LogP contribution in [-0.2, 0) is 14.8 Å². The van der Waals surface area contributed by atoms with Gasteiger partial charge in [-0.3, -0.25) is 9.10 Å². The maximum absolute atomic E-state index is 13.7. The third kappa shape index (κ3) is 5.35. The number of aryl methyl sites for hydroxylation is 2. The van der Waals surface area contributed by atoms with Crippen molar-refractivity contribution in [1.29, 1.82) is 0 Å². The Morgan fingerprint density at radius 2 is 1.68 bits per heavy atom. The molecule has 0 saturated heterocycles. The van der Waals surface area contributed by atoms with Gasteiger partial charge in [-0.15, -0.1) is 0 Å². The van der Waals surface area contributed by atoms with E-state index in [9.17, 15) is 17.6 Å². The quantitative estimate of drug-likeness (QED) is 0.449. The van der Waals surface area contributed by atoms with Gasteiger partial charge < -0.3 is 0 Å². The minimum atomic E-state index is -4.00. The van der Waals surface area contributed by atoms with E-state index in [1.807, 2.05) is 13.8 Å². The lowest BCUT2D eigenvalue weighted by molar-refractivity contribution is -0.119. The normalized spacial score (nSPS) is 11.5. The summed E-state index contributed by atoms with van der Waals surface area (Å²) in [7, 11) is -4.00. The molecule has 0 heterocycles. The van der Waals surface area contributed by atoms with Crippen molar-refractivity contribution >= 4 is 27.8 Å². The predicted octanol–water partition coefficient (Wildman–Crippen LogP) is 3.79. The number of anilines is 1. The highest BCUT2D eigenvalue weighted by Gasteiger charge is 2.27. The summed E-state index contributed by atoms with van der Waals surface area (Å²) in [4.78, 5) is 12.6. The second kappa shape index (κ2) is 9.53. The van der Waals surface area contributed by atoms with Crippen molar-refractivity contribution in [3.05, 3.63) is 95.3 Å². The largest absolute Gasteiger partial charge is 0.271 e. The maximum Gasteiger partial charge on any atom is 0.264 e. The zero-order valence-electron chi connectivity index (χ0n) is 17.1. The molecule has 0 bridgehead atoms. The maximum atomic E-state index is 13.7. The van der Waals surface area contributed by atoms with E-state index in [-0.39, 0.29) is 10.5 Å². The molecule has 0 saturated carbocycles. The summed E-state index contributed by atoms with van der Waals surface area (Å²) in [5, 5.41) is 3.75. The number of nitrogens with one attached hydrogen (secondary N) is 1. The van der Waals surface area contributed by atoms with E-state index in [0.717, 1.165) is 15.4 Å². The molecule has 31 heavy (non-hydrogen) atoms. The van der Waals surface area contributed by atoms with Gasteiger partial charge >= 0.3 is 0 Å². The fourth-order valence-electron chi connectivity index (χ4n) is 2.83. The Labute approximate surface area is 181 Å². The third-order valence-corrected chi connectivity index (χ3v) is 6.48. The number of sulfonamides is 1. The van der Waals surface area contributed by atoms with E-state index in [1.165, 1.54) is 30.5 Å². The molecule has 1 amide bonds. The van der Waals surface area contributed by atoms with E-state index >= 15 is 0 Å². The second-order valence-electron chi connectivity index (χ2n) is 6.91. The van der Waals surface area contributed by atoms with Crippen molar-refractivity contribution in [3.63, 3.8) is 0 Å². The van der Waals surface area contributed by atoms with Crippen LogP contribution in [-0.4, -0.2) is 27.1 Å². The number of halogens is 1. The zero-order valence-corrected chi connectivity index (χ0v) is 17.9. The van der Waals surface area contributed by atoms with Gasteiger partial charge in [-0.2, -0.15) is 5.10 Å². The topological polar surface area (TPSA) is 78.8 Å². The highest BCUT2D eigenvalue weighted by molar-refractivity contribution is 7.92. The number of rotatable bonds is 7. The second-order valence-corrected chi connectivity index (χ2v) is 8.77. The monoisotopic (exact) mass is 439 g/mol. The Kier molecular flexibility index (Phi) is 6.81. The third-order valence-electron chi connectivity index (χ3n) is 4.69. The summed E-state index contributed by atoms with van der Waals surface area (Å²) in [6.45, 7) is 3.29. The molecule has 0 fully saturated rings. The highest BCUT2D eigenvalue weighted by atomic mass is 32.2. The molecule has 0 aliphatic carbocycles. The molecule has 0 spiro atoms. The van der Waals surface area contributed by atoms with Crippen molar-refractivity contribution in [2.75, 3.05) is 10.8 Å². The molecular formula is C23H22FN3O3S. The predicted molar refractivity (Wildman–Crippen MR) is 119 cm³/mol. The molecule has 0 aliphatic rings. The lowest BCUT2D eigenvalue weighted by Crippen LogP contribution is -2.39. The molecule has 160 valence electrons. The fraction of sp³-hybridized carbons (Fsp3) is 0.130. The van der Waals surface area contributed by atoms with Crippen molar-refractivity contribution < 1.29 is 17.6 Å². The number of carbonyl (C=O) groups excluding carboxylic acids is 1. The van der Waals surface area contributed by atoms with Crippen LogP contribution in [0.1, 0.15) is 16.7 Å². The van der Waals surface area contributed by atoms with Crippen molar-refractivity contribution in [2.24, 2.45) is 5.10 Å². The van der Waals surface area contributed by atoms with Gasteiger partial charge in [-0.05, 0) is 55.3 Å². The first-order valence-electron chi connectivity index (χ1n) is 9.50. The number of benzene rings is 3. The molecule has 0 radical (unpaired) electrons. The van der Waals surface area contributed by atoms with Crippen LogP contribution in [0.3, 0.4) is 0 Å². The number of amides is 1. The van der Waals surface area contributed by atoms with E-state index in [4.69, 9.17) is 0 Å². The van der Waals surface area contributed by atoms with Crippen LogP contribution >= 0.6 is 0 Å². The zero-order chi connectivity index (χ0) is 22.4. The summed E-state index contributed by atoms with van der Waals surface area (Å²) < 4.78 is 41.2. The SMILES string of the molecule is Cc1ccc(N(CC(=O)N/N=C\c2ccccc2F)S(=O)(=O)c2ccccc2)cc1C. The molecule has 3 aromatic carbocycles. The van der Waals surface area contributed by atoms with Gasteiger partial charge in [-0.25, -0.2) is 18.2 Å². The summed E-state index contributed by atoms with van der Waals surface area (Å²) in [6.07, 6.45) is 1.17. The first kappa shape index (κ1) is 22.2. The Bertz CT molecular complexity index is 1210.